The number of rotatable bonds is 3. The molecule has 4 rings (SSSR count). The standard InChI is InChI=1S/C17H12N4O3S/c1-8-13-15(22)20-12(21-16(13)25-14(8)17(23)24)5-3-9-2-4-10-11(19-9)6-7-18-10/h2-7,18H,1H3,(H,23,24)(H,20,21,22)/b5-3+. The quantitative estimate of drug-likeness (QED) is 0.525. The second-order valence-electron chi connectivity index (χ2n) is 5.47. The highest BCUT2D eigenvalue weighted by molar-refractivity contribution is 7.20. The molecule has 0 aliphatic heterocycles. The first-order chi connectivity index (χ1) is 12.0. The molecule has 0 radical (unpaired) electrons. The van der Waals surface area contributed by atoms with Gasteiger partial charge in [-0.15, -0.1) is 11.3 Å². The van der Waals surface area contributed by atoms with E-state index in [0.29, 0.717) is 21.6 Å². The highest BCUT2D eigenvalue weighted by Crippen LogP contribution is 2.27. The Morgan fingerprint density at radius 2 is 2.08 bits per heavy atom. The van der Waals surface area contributed by atoms with Gasteiger partial charge >= 0.3 is 5.97 Å². The molecule has 124 valence electrons. The number of aromatic nitrogens is 4. The van der Waals surface area contributed by atoms with Crippen LogP contribution >= 0.6 is 11.3 Å². The van der Waals surface area contributed by atoms with E-state index in [1.165, 1.54) is 0 Å². The number of nitrogens with zero attached hydrogens (tertiary/aromatic N) is 2. The van der Waals surface area contributed by atoms with Gasteiger partial charge in [0.05, 0.1) is 22.1 Å². The van der Waals surface area contributed by atoms with Gasteiger partial charge in [0.25, 0.3) is 5.56 Å². The molecule has 0 bridgehead atoms. The molecular formula is C17H12N4O3S. The number of carboxylic acid groups (broad SMARTS) is 1. The Morgan fingerprint density at radius 1 is 1.24 bits per heavy atom. The average molecular weight is 352 g/mol. The number of fused-ring (bicyclic) bond motifs is 2. The minimum atomic E-state index is -1.05. The number of hydrogen-bond acceptors (Lipinski definition) is 5. The summed E-state index contributed by atoms with van der Waals surface area (Å²) >= 11 is 1.00. The normalized spacial score (nSPS) is 11.7. The third-order valence-electron chi connectivity index (χ3n) is 3.85. The maximum atomic E-state index is 12.3. The van der Waals surface area contributed by atoms with Gasteiger partial charge in [-0.25, -0.2) is 14.8 Å². The molecule has 0 atom stereocenters. The van der Waals surface area contributed by atoms with Crippen molar-refractivity contribution < 1.29 is 9.90 Å². The molecule has 0 amide bonds. The SMILES string of the molecule is Cc1c(C(=O)O)sc2nc(/C=C/c3ccc4[nH]ccc4n3)[nH]c(=O)c12. The van der Waals surface area contributed by atoms with E-state index in [0.717, 1.165) is 28.1 Å². The fourth-order valence-electron chi connectivity index (χ4n) is 2.65. The first-order valence-corrected chi connectivity index (χ1v) is 8.23. The summed E-state index contributed by atoms with van der Waals surface area (Å²) in [5.41, 5.74) is 2.61. The summed E-state index contributed by atoms with van der Waals surface area (Å²) < 4.78 is 0. The zero-order chi connectivity index (χ0) is 17.6. The largest absolute Gasteiger partial charge is 0.477 e. The lowest BCUT2D eigenvalue weighted by molar-refractivity contribution is 0.0701. The predicted molar refractivity (Wildman–Crippen MR) is 97.0 cm³/mol. The van der Waals surface area contributed by atoms with E-state index in [1.54, 1.807) is 19.1 Å². The van der Waals surface area contributed by atoms with E-state index in [4.69, 9.17) is 0 Å². The van der Waals surface area contributed by atoms with Gasteiger partial charge in [-0.2, -0.15) is 0 Å². The lowest BCUT2D eigenvalue weighted by Crippen LogP contribution is -2.09. The Hall–Kier alpha value is -3.26. The monoisotopic (exact) mass is 352 g/mol. The first kappa shape index (κ1) is 15.3. The van der Waals surface area contributed by atoms with Crippen LogP contribution in [-0.2, 0) is 0 Å². The fraction of sp³-hybridized carbons (Fsp3) is 0.0588. The van der Waals surface area contributed by atoms with Gasteiger partial charge in [0.2, 0.25) is 0 Å². The molecule has 25 heavy (non-hydrogen) atoms. The highest BCUT2D eigenvalue weighted by atomic mass is 32.1. The van der Waals surface area contributed by atoms with Crippen molar-refractivity contribution in [1.29, 1.82) is 0 Å². The fourth-order valence-corrected chi connectivity index (χ4v) is 3.68. The van der Waals surface area contributed by atoms with Crippen molar-refractivity contribution in [3.63, 3.8) is 0 Å². The van der Waals surface area contributed by atoms with Crippen LogP contribution in [0.3, 0.4) is 0 Å². The van der Waals surface area contributed by atoms with E-state index in [-0.39, 0.29) is 10.4 Å². The molecule has 0 aromatic carbocycles. The summed E-state index contributed by atoms with van der Waals surface area (Å²) in [5, 5.41) is 9.52. The van der Waals surface area contributed by atoms with Crippen LogP contribution in [0, 0.1) is 6.92 Å². The number of aryl methyl sites for hydroxylation is 1. The van der Waals surface area contributed by atoms with Crippen LogP contribution in [0.5, 0.6) is 0 Å². The van der Waals surface area contributed by atoms with Gasteiger partial charge in [0.15, 0.2) is 0 Å². The smallest absolute Gasteiger partial charge is 0.346 e. The second-order valence-corrected chi connectivity index (χ2v) is 6.47. The number of thiophene rings is 1. The number of carbonyl (C=O) groups is 1. The van der Waals surface area contributed by atoms with Gasteiger partial charge in [0, 0.05) is 6.20 Å². The molecule has 0 aliphatic rings. The summed E-state index contributed by atoms with van der Waals surface area (Å²) in [5.74, 6) is -0.701. The van der Waals surface area contributed by atoms with Gasteiger partial charge in [-0.1, -0.05) is 0 Å². The Kier molecular flexibility index (Phi) is 3.47. The van der Waals surface area contributed by atoms with Crippen molar-refractivity contribution >= 4 is 50.7 Å². The Balaban J connectivity index is 1.76. The third kappa shape index (κ3) is 2.62. The summed E-state index contributed by atoms with van der Waals surface area (Å²) in [6.07, 6.45) is 5.21. The van der Waals surface area contributed by atoms with Crippen LogP contribution in [0.1, 0.15) is 26.8 Å². The predicted octanol–water partition coefficient (Wildman–Crippen LogP) is 3.04. The van der Waals surface area contributed by atoms with Crippen molar-refractivity contribution in [3.8, 4) is 0 Å². The Labute approximate surface area is 144 Å². The number of carboxylic acids is 1. The minimum absolute atomic E-state index is 0.133. The topological polar surface area (TPSA) is 112 Å². The molecule has 3 N–H and O–H groups in total. The van der Waals surface area contributed by atoms with E-state index in [9.17, 15) is 14.7 Å². The first-order valence-electron chi connectivity index (χ1n) is 7.42. The minimum Gasteiger partial charge on any atom is -0.477 e. The highest BCUT2D eigenvalue weighted by Gasteiger charge is 2.18. The van der Waals surface area contributed by atoms with Crippen LogP contribution in [0.4, 0.5) is 0 Å². The van der Waals surface area contributed by atoms with Crippen molar-refractivity contribution in [3.05, 3.63) is 56.7 Å². The number of aromatic amines is 2. The van der Waals surface area contributed by atoms with Crippen LogP contribution < -0.4 is 5.56 Å². The molecule has 4 aromatic heterocycles. The Morgan fingerprint density at radius 3 is 2.88 bits per heavy atom. The van der Waals surface area contributed by atoms with Crippen molar-refractivity contribution in [2.75, 3.05) is 0 Å². The molecular weight excluding hydrogens is 340 g/mol. The average Bonchev–Trinajstić information content (AvgIpc) is 3.17. The second kappa shape index (κ2) is 5.67. The summed E-state index contributed by atoms with van der Waals surface area (Å²) in [4.78, 5) is 38.6. The van der Waals surface area contributed by atoms with E-state index < -0.39 is 5.97 Å². The maximum absolute atomic E-state index is 12.3. The third-order valence-corrected chi connectivity index (χ3v) is 5.03. The van der Waals surface area contributed by atoms with Crippen molar-refractivity contribution in [1.82, 2.24) is 19.9 Å². The van der Waals surface area contributed by atoms with Crippen molar-refractivity contribution in [2.24, 2.45) is 0 Å². The number of hydrogen-bond donors (Lipinski definition) is 3. The van der Waals surface area contributed by atoms with E-state index in [1.807, 2.05) is 24.4 Å². The molecule has 4 aromatic rings. The summed E-state index contributed by atoms with van der Waals surface area (Å²) in [6, 6.07) is 5.65. The zero-order valence-corrected chi connectivity index (χ0v) is 13.8. The summed E-state index contributed by atoms with van der Waals surface area (Å²) in [6.45, 7) is 1.62. The van der Waals surface area contributed by atoms with Crippen LogP contribution in [0.15, 0.2) is 29.2 Å². The molecule has 0 saturated heterocycles. The lowest BCUT2D eigenvalue weighted by Gasteiger charge is -1.96. The van der Waals surface area contributed by atoms with Gasteiger partial charge in [-0.05, 0) is 42.8 Å². The summed E-state index contributed by atoms with van der Waals surface area (Å²) in [7, 11) is 0. The van der Waals surface area contributed by atoms with Gasteiger partial charge in [0.1, 0.15) is 15.5 Å². The lowest BCUT2D eigenvalue weighted by atomic mass is 10.2. The number of nitrogens with one attached hydrogen (secondary N) is 2. The van der Waals surface area contributed by atoms with Crippen LogP contribution in [-0.4, -0.2) is 31.0 Å². The van der Waals surface area contributed by atoms with E-state index >= 15 is 0 Å². The molecule has 4 heterocycles. The Bertz CT molecular complexity index is 1220. The number of aromatic carboxylic acids is 1. The van der Waals surface area contributed by atoms with Crippen LogP contribution in [0.2, 0.25) is 0 Å². The molecule has 8 heteroatoms. The van der Waals surface area contributed by atoms with Crippen LogP contribution in [0.25, 0.3) is 33.4 Å². The maximum Gasteiger partial charge on any atom is 0.346 e. The molecule has 0 unspecified atom stereocenters. The van der Waals surface area contributed by atoms with Gasteiger partial charge < -0.3 is 15.1 Å². The molecule has 7 nitrogen and oxygen atoms in total. The number of pyridine rings is 1. The molecule has 0 fully saturated rings. The van der Waals surface area contributed by atoms with Gasteiger partial charge in [-0.3, -0.25) is 4.79 Å². The number of H-pyrrole nitrogens is 2. The zero-order valence-electron chi connectivity index (χ0n) is 13.0. The van der Waals surface area contributed by atoms with E-state index in [2.05, 4.69) is 19.9 Å². The molecule has 0 aliphatic carbocycles. The molecule has 0 saturated carbocycles. The van der Waals surface area contributed by atoms with Crippen molar-refractivity contribution in [2.45, 2.75) is 6.92 Å². The molecule has 0 spiro atoms.